The summed E-state index contributed by atoms with van der Waals surface area (Å²) in [6, 6.07) is 0. The zero-order valence-corrected chi connectivity index (χ0v) is 10.7. The van der Waals surface area contributed by atoms with Crippen LogP contribution in [0.1, 0.15) is 47.0 Å². The van der Waals surface area contributed by atoms with Crippen LogP contribution in [0.5, 0.6) is 0 Å². The molecule has 0 fully saturated rings. The Kier molecular flexibility index (Phi) is 6.08. The Bertz CT molecular complexity index is 249. The Balaban J connectivity index is 4.20. The molecule has 0 aromatic rings. The predicted octanol–water partition coefficient (Wildman–Crippen LogP) is 2.04. The maximum absolute atomic E-state index is 11.6. The number of carboxylic acid groups (broad SMARTS) is 1. The number of rotatable bonds is 7. The van der Waals surface area contributed by atoms with Gasteiger partial charge in [0.05, 0.1) is 0 Å². The molecular weight excluding hydrogens is 206 g/mol. The van der Waals surface area contributed by atoms with Crippen molar-refractivity contribution in [1.82, 2.24) is 5.32 Å². The van der Waals surface area contributed by atoms with E-state index in [9.17, 15) is 9.59 Å². The Hall–Kier alpha value is -1.06. The molecule has 0 aliphatic carbocycles. The maximum atomic E-state index is 11.6. The highest BCUT2D eigenvalue weighted by Crippen LogP contribution is 2.20. The van der Waals surface area contributed by atoms with Crippen LogP contribution in [0.4, 0.5) is 0 Å². The summed E-state index contributed by atoms with van der Waals surface area (Å²) >= 11 is 0. The van der Waals surface area contributed by atoms with E-state index in [1.165, 1.54) is 0 Å². The second kappa shape index (κ2) is 6.51. The fourth-order valence-corrected chi connectivity index (χ4v) is 1.69. The highest BCUT2D eigenvalue weighted by atomic mass is 16.4. The summed E-state index contributed by atoms with van der Waals surface area (Å²) < 4.78 is 0. The molecule has 0 bridgehead atoms. The van der Waals surface area contributed by atoms with Crippen LogP contribution in [-0.2, 0) is 9.59 Å². The van der Waals surface area contributed by atoms with Crippen LogP contribution < -0.4 is 5.32 Å². The Morgan fingerprint density at radius 1 is 1.31 bits per heavy atom. The average Bonchev–Trinajstić information content (AvgIpc) is 2.15. The van der Waals surface area contributed by atoms with Gasteiger partial charge in [-0.3, -0.25) is 9.59 Å². The van der Waals surface area contributed by atoms with Crippen LogP contribution in [0.25, 0.3) is 0 Å². The lowest BCUT2D eigenvalue weighted by Gasteiger charge is -2.25. The lowest BCUT2D eigenvalue weighted by atomic mass is 9.88. The molecule has 0 spiro atoms. The van der Waals surface area contributed by atoms with Gasteiger partial charge in [-0.2, -0.15) is 0 Å². The summed E-state index contributed by atoms with van der Waals surface area (Å²) in [4.78, 5) is 22.3. The van der Waals surface area contributed by atoms with Gasteiger partial charge in [0.1, 0.15) is 5.92 Å². The number of carbonyl (C=O) groups is 2. The van der Waals surface area contributed by atoms with Gasteiger partial charge in [0.15, 0.2) is 0 Å². The molecule has 1 unspecified atom stereocenters. The van der Waals surface area contributed by atoms with E-state index in [1.54, 1.807) is 6.92 Å². The van der Waals surface area contributed by atoms with E-state index in [-0.39, 0.29) is 11.3 Å². The fraction of sp³-hybridized carbons (Fsp3) is 0.833. The van der Waals surface area contributed by atoms with Crippen molar-refractivity contribution in [3.8, 4) is 0 Å². The third-order valence-corrected chi connectivity index (χ3v) is 2.69. The third-order valence-electron chi connectivity index (χ3n) is 2.69. The predicted molar refractivity (Wildman–Crippen MR) is 63.1 cm³/mol. The SMILES string of the molecule is CCCC(C)(C)CNC(=O)C(CC)C(=O)O. The zero-order valence-electron chi connectivity index (χ0n) is 10.7. The second-order valence-electron chi connectivity index (χ2n) is 4.93. The van der Waals surface area contributed by atoms with Crippen molar-refractivity contribution >= 4 is 11.9 Å². The summed E-state index contributed by atoms with van der Waals surface area (Å²) in [5, 5.41) is 11.5. The van der Waals surface area contributed by atoms with Crippen LogP contribution in [0, 0.1) is 11.3 Å². The number of hydrogen-bond donors (Lipinski definition) is 2. The summed E-state index contributed by atoms with van der Waals surface area (Å²) in [5.41, 5.74) is 0.0290. The molecule has 0 aromatic carbocycles. The lowest BCUT2D eigenvalue weighted by Crippen LogP contribution is -2.40. The van der Waals surface area contributed by atoms with E-state index in [2.05, 4.69) is 26.1 Å². The van der Waals surface area contributed by atoms with Crippen LogP contribution in [0.15, 0.2) is 0 Å². The van der Waals surface area contributed by atoms with Crippen LogP contribution >= 0.6 is 0 Å². The summed E-state index contributed by atoms with van der Waals surface area (Å²) in [7, 11) is 0. The summed E-state index contributed by atoms with van der Waals surface area (Å²) in [6.07, 6.45) is 2.39. The van der Waals surface area contributed by atoms with Crippen molar-refractivity contribution in [2.24, 2.45) is 11.3 Å². The van der Waals surface area contributed by atoms with Crippen molar-refractivity contribution in [3.63, 3.8) is 0 Å². The Morgan fingerprint density at radius 2 is 1.88 bits per heavy atom. The topological polar surface area (TPSA) is 66.4 Å². The molecule has 1 atom stereocenters. The van der Waals surface area contributed by atoms with Gasteiger partial charge in [-0.05, 0) is 18.3 Å². The average molecular weight is 229 g/mol. The minimum absolute atomic E-state index is 0.0290. The first kappa shape index (κ1) is 14.9. The van der Waals surface area contributed by atoms with Crippen LogP contribution in [0.3, 0.4) is 0 Å². The third kappa shape index (κ3) is 5.14. The van der Waals surface area contributed by atoms with E-state index >= 15 is 0 Å². The van der Waals surface area contributed by atoms with Crippen molar-refractivity contribution in [2.45, 2.75) is 47.0 Å². The van der Waals surface area contributed by atoms with Gasteiger partial charge < -0.3 is 10.4 Å². The summed E-state index contributed by atoms with van der Waals surface area (Å²) in [5.74, 6) is -2.34. The van der Waals surface area contributed by atoms with E-state index in [1.807, 2.05) is 0 Å². The number of hydrogen-bond acceptors (Lipinski definition) is 2. The molecule has 0 aliphatic rings. The van der Waals surface area contributed by atoms with Crippen molar-refractivity contribution in [2.75, 3.05) is 6.54 Å². The first-order chi connectivity index (χ1) is 7.34. The fourth-order valence-electron chi connectivity index (χ4n) is 1.69. The molecule has 0 aliphatic heterocycles. The van der Waals surface area contributed by atoms with E-state index < -0.39 is 11.9 Å². The Labute approximate surface area is 97.4 Å². The molecule has 4 heteroatoms. The van der Waals surface area contributed by atoms with Gasteiger partial charge in [0.2, 0.25) is 5.91 Å². The number of aliphatic carboxylic acids is 1. The number of nitrogens with one attached hydrogen (secondary N) is 1. The van der Waals surface area contributed by atoms with Gasteiger partial charge in [0, 0.05) is 6.54 Å². The molecule has 0 rings (SSSR count). The molecule has 1 amide bonds. The highest BCUT2D eigenvalue weighted by molar-refractivity contribution is 5.96. The number of amides is 1. The highest BCUT2D eigenvalue weighted by Gasteiger charge is 2.25. The van der Waals surface area contributed by atoms with Crippen molar-refractivity contribution in [3.05, 3.63) is 0 Å². The molecule has 0 aromatic heterocycles. The van der Waals surface area contributed by atoms with E-state index in [0.29, 0.717) is 13.0 Å². The molecule has 0 saturated carbocycles. The quantitative estimate of drug-likeness (QED) is 0.656. The monoisotopic (exact) mass is 229 g/mol. The molecule has 0 radical (unpaired) electrons. The standard InChI is InChI=1S/C12H23NO3/c1-5-7-12(3,4)8-13-10(14)9(6-2)11(15)16/h9H,5-8H2,1-4H3,(H,13,14)(H,15,16). The number of carboxylic acids is 1. The molecule has 4 nitrogen and oxygen atoms in total. The van der Waals surface area contributed by atoms with Crippen LogP contribution in [-0.4, -0.2) is 23.5 Å². The molecule has 0 heterocycles. The zero-order chi connectivity index (χ0) is 12.8. The molecule has 0 saturated heterocycles. The van der Waals surface area contributed by atoms with E-state index in [0.717, 1.165) is 12.8 Å². The summed E-state index contributed by atoms with van der Waals surface area (Å²) in [6.45, 7) is 8.46. The largest absolute Gasteiger partial charge is 0.481 e. The van der Waals surface area contributed by atoms with Gasteiger partial charge in [-0.15, -0.1) is 0 Å². The van der Waals surface area contributed by atoms with Crippen LogP contribution in [0.2, 0.25) is 0 Å². The van der Waals surface area contributed by atoms with E-state index in [4.69, 9.17) is 5.11 Å². The lowest BCUT2D eigenvalue weighted by molar-refractivity contribution is -0.147. The molecular formula is C12H23NO3. The molecule has 94 valence electrons. The molecule has 16 heavy (non-hydrogen) atoms. The van der Waals surface area contributed by atoms with Gasteiger partial charge in [-0.1, -0.05) is 34.1 Å². The minimum atomic E-state index is -1.05. The second-order valence-corrected chi connectivity index (χ2v) is 4.93. The maximum Gasteiger partial charge on any atom is 0.316 e. The minimum Gasteiger partial charge on any atom is -0.481 e. The van der Waals surface area contributed by atoms with Crippen molar-refractivity contribution in [1.29, 1.82) is 0 Å². The smallest absolute Gasteiger partial charge is 0.316 e. The molecule has 2 N–H and O–H groups in total. The first-order valence-corrected chi connectivity index (χ1v) is 5.84. The van der Waals surface area contributed by atoms with Gasteiger partial charge in [0.25, 0.3) is 0 Å². The van der Waals surface area contributed by atoms with Crippen molar-refractivity contribution < 1.29 is 14.7 Å². The number of carbonyl (C=O) groups excluding carboxylic acids is 1. The Morgan fingerprint density at radius 3 is 2.25 bits per heavy atom. The van der Waals surface area contributed by atoms with Gasteiger partial charge in [-0.25, -0.2) is 0 Å². The normalized spacial score (nSPS) is 13.2. The first-order valence-electron chi connectivity index (χ1n) is 5.84. The van der Waals surface area contributed by atoms with Gasteiger partial charge >= 0.3 is 5.97 Å².